The van der Waals surface area contributed by atoms with Gasteiger partial charge in [-0.3, -0.25) is 0 Å². The molecule has 0 bridgehead atoms. The summed E-state index contributed by atoms with van der Waals surface area (Å²) in [5.74, 6) is 1.61. The fraction of sp³-hybridized carbons (Fsp3) is 0.533. The molecule has 1 fully saturated rings. The number of nitrogens with zero attached hydrogens (tertiary/aromatic N) is 1. The number of hydrogen-bond donors (Lipinski definition) is 1. The first kappa shape index (κ1) is 14.6. The van der Waals surface area contributed by atoms with Crippen molar-refractivity contribution in [3.8, 4) is 0 Å². The number of hydrogen-bond acceptors (Lipinski definition) is 2. The Balaban J connectivity index is 2.09. The highest BCUT2D eigenvalue weighted by molar-refractivity contribution is 7.80. The van der Waals surface area contributed by atoms with Gasteiger partial charge in [-0.15, -0.1) is 0 Å². The van der Waals surface area contributed by atoms with Crippen LogP contribution in [0, 0.1) is 11.8 Å². The normalized spacial score (nSPS) is 16.9. The molecule has 1 aromatic carbocycles. The van der Waals surface area contributed by atoms with Gasteiger partial charge in [0.25, 0.3) is 0 Å². The molecule has 19 heavy (non-hydrogen) atoms. The van der Waals surface area contributed by atoms with Crippen molar-refractivity contribution >= 4 is 34.5 Å². The second kappa shape index (κ2) is 6.10. The van der Waals surface area contributed by atoms with E-state index in [0.717, 1.165) is 41.2 Å². The number of anilines is 1. The van der Waals surface area contributed by atoms with Gasteiger partial charge in [0.2, 0.25) is 0 Å². The van der Waals surface area contributed by atoms with Crippen molar-refractivity contribution in [1.82, 2.24) is 0 Å². The van der Waals surface area contributed by atoms with Gasteiger partial charge in [0.1, 0.15) is 4.99 Å². The lowest BCUT2D eigenvalue weighted by Crippen LogP contribution is -2.35. The first-order valence-electron chi connectivity index (χ1n) is 6.83. The summed E-state index contributed by atoms with van der Waals surface area (Å²) in [6, 6.07) is 5.86. The third kappa shape index (κ3) is 3.40. The van der Waals surface area contributed by atoms with Crippen molar-refractivity contribution in [3.05, 3.63) is 28.8 Å². The minimum absolute atomic E-state index is 0.395. The van der Waals surface area contributed by atoms with Crippen LogP contribution < -0.4 is 10.6 Å². The summed E-state index contributed by atoms with van der Waals surface area (Å²) in [5.41, 5.74) is 7.56. The summed E-state index contributed by atoms with van der Waals surface area (Å²) in [7, 11) is 0. The molecule has 1 aromatic rings. The average Bonchev–Trinajstić information content (AvgIpc) is 2.38. The minimum Gasteiger partial charge on any atom is -0.389 e. The summed E-state index contributed by atoms with van der Waals surface area (Å²) in [6.07, 6.45) is 2.48. The van der Waals surface area contributed by atoms with E-state index in [4.69, 9.17) is 29.6 Å². The van der Waals surface area contributed by atoms with Gasteiger partial charge in [-0.2, -0.15) is 0 Å². The Morgan fingerprint density at radius 2 is 2.00 bits per heavy atom. The first-order chi connectivity index (χ1) is 8.99. The zero-order valence-electron chi connectivity index (χ0n) is 11.5. The number of thiocarbonyl (C=S) groups is 1. The van der Waals surface area contributed by atoms with Crippen LogP contribution >= 0.6 is 23.8 Å². The molecule has 0 atom stereocenters. The molecule has 1 aliphatic rings. The third-order valence-electron chi connectivity index (χ3n) is 4.06. The highest BCUT2D eigenvalue weighted by Gasteiger charge is 2.22. The molecule has 4 heteroatoms. The molecule has 1 aliphatic heterocycles. The number of rotatable bonds is 3. The largest absolute Gasteiger partial charge is 0.389 e. The maximum Gasteiger partial charge on any atom is 0.104 e. The van der Waals surface area contributed by atoms with Crippen LogP contribution in [0.2, 0.25) is 5.02 Å². The Kier molecular flexibility index (Phi) is 4.69. The van der Waals surface area contributed by atoms with Crippen LogP contribution in [0.25, 0.3) is 0 Å². The van der Waals surface area contributed by atoms with Crippen LogP contribution in [0.4, 0.5) is 5.69 Å². The molecule has 2 rings (SSSR count). The van der Waals surface area contributed by atoms with Gasteiger partial charge in [-0.05, 0) is 42.9 Å². The minimum atomic E-state index is 0.395. The SMILES string of the molecule is CC(C)C1CCN(c2ccc(C(N)=S)cc2Cl)CC1. The van der Waals surface area contributed by atoms with Crippen LogP contribution in [-0.4, -0.2) is 18.1 Å². The highest BCUT2D eigenvalue weighted by Crippen LogP contribution is 2.32. The van der Waals surface area contributed by atoms with E-state index in [9.17, 15) is 0 Å². The fourth-order valence-electron chi connectivity index (χ4n) is 2.72. The van der Waals surface area contributed by atoms with Crippen LogP contribution in [-0.2, 0) is 0 Å². The lowest BCUT2D eigenvalue weighted by Gasteiger charge is -2.35. The first-order valence-corrected chi connectivity index (χ1v) is 7.62. The summed E-state index contributed by atoms with van der Waals surface area (Å²) in [4.78, 5) is 2.76. The third-order valence-corrected chi connectivity index (χ3v) is 4.59. The monoisotopic (exact) mass is 296 g/mol. The summed E-state index contributed by atoms with van der Waals surface area (Å²) < 4.78 is 0. The molecular weight excluding hydrogens is 276 g/mol. The van der Waals surface area contributed by atoms with E-state index in [1.165, 1.54) is 12.8 Å². The Morgan fingerprint density at radius 1 is 1.37 bits per heavy atom. The fourth-order valence-corrected chi connectivity index (χ4v) is 3.15. The van der Waals surface area contributed by atoms with Gasteiger partial charge in [-0.25, -0.2) is 0 Å². The van der Waals surface area contributed by atoms with Crippen molar-refractivity contribution in [3.63, 3.8) is 0 Å². The van der Waals surface area contributed by atoms with E-state index in [1.807, 2.05) is 18.2 Å². The zero-order valence-corrected chi connectivity index (χ0v) is 13.1. The second-order valence-corrected chi connectivity index (χ2v) is 6.45. The Morgan fingerprint density at radius 3 is 2.47 bits per heavy atom. The summed E-state index contributed by atoms with van der Waals surface area (Å²) >= 11 is 11.3. The highest BCUT2D eigenvalue weighted by atomic mass is 35.5. The van der Waals surface area contributed by atoms with Gasteiger partial charge in [-0.1, -0.05) is 37.7 Å². The van der Waals surface area contributed by atoms with Crippen LogP contribution in [0.1, 0.15) is 32.3 Å². The van der Waals surface area contributed by atoms with Gasteiger partial charge in [0.05, 0.1) is 10.7 Å². The molecule has 2 N–H and O–H groups in total. The molecule has 1 heterocycles. The summed E-state index contributed by atoms with van der Waals surface area (Å²) in [5, 5.41) is 0.744. The second-order valence-electron chi connectivity index (χ2n) is 5.60. The van der Waals surface area contributed by atoms with E-state index in [-0.39, 0.29) is 0 Å². The van der Waals surface area contributed by atoms with Crippen molar-refractivity contribution < 1.29 is 0 Å². The Bertz CT molecular complexity index is 465. The lowest BCUT2D eigenvalue weighted by molar-refractivity contribution is 0.311. The predicted molar refractivity (Wildman–Crippen MR) is 87.1 cm³/mol. The molecule has 0 amide bonds. The van der Waals surface area contributed by atoms with Crippen molar-refractivity contribution in [2.75, 3.05) is 18.0 Å². The van der Waals surface area contributed by atoms with Gasteiger partial charge in [0, 0.05) is 18.7 Å². The number of piperidine rings is 1. The van der Waals surface area contributed by atoms with E-state index in [2.05, 4.69) is 18.7 Å². The van der Waals surface area contributed by atoms with E-state index in [1.54, 1.807) is 0 Å². The van der Waals surface area contributed by atoms with E-state index in [0.29, 0.717) is 4.99 Å². The number of benzene rings is 1. The molecule has 0 unspecified atom stereocenters. The van der Waals surface area contributed by atoms with Crippen LogP contribution in [0.3, 0.4) is 0 Å². The Labute approximate surface area is 125 Å². The molecule has 0 aromatic heterocycles. The molecule has 0 spiro atoms. The van der Waals surface area contributed by atoms with Crippen molar-refractivity contribution in [1.29, 1.82) is 0 Å². The number of halogens is 1. The quantitative estimate of drug-likeness (QED) is 0.859. The molecule has 2 nitrogen and oxygen atoms in total. The van der Waals surface area contributed by atoms with Gasteiger partial charge < -0.3 is 10.6 Å². The van der Waals surface area contributed by atoms with Gasteiger partial charge >= 0.3 is 0 Å². The maximum atomic E-state index is 6.35. The topological polar surface area (TPSA) is 29.3 Å². The summed E-state index contributed by atoms with van der Waals surface area (Å²) in [6.45, 7) is 6.78. The smallest absolute Gasteiger partial charge is 0.104 e. The van der Waals surface area contributed by atoms with Gasteiger partial charge in [0.15, 0.2) is 0 Å². The Hall–Kier alpha value is -0.800. The van der Waals surface area contributed by atoms with Crippen molar-refractivity contribution in [2.24, 2.45) is 17.6 Å². The molecule has 0 radical (unpaired) electrons. The van der Waals surface area contributed by atoms with Crippen molar-refractivity contribution in [2.45, 2.75) is 26.7 Å². The van der Waals surface area contributed by atoms with E-state index >= 15 is 0 Å². The van der Waals surface area contributed by atoms with E-state index < -0.39 is 0 Å². The molecule has 0 aliphatic carbocycles. The molecule has 1 saturated heterocycles. The van der Waals surface area contributed by atoms with Crippen LogP contribution in [0.15, 0.2) is 18.2 Å². The predicted octanol–water partition coefficient (Wildman–Crippen LogP) is 3.85. The molecule has 0 saturated carbocycles. The maximum absolute atomic E-state index is 6.35. The standard InChI is InChI=1S/C15H21ClN2S/c1-10(2)11-5-7-18(8-6-11)14-4-3-12(15(17)19)9-13(14)16/h3-4,9-11H,5-8H2,1-2H3,(H2,17,19). The molecule has 104 valence electrons. The zero-order chi connectivity index (χ0) is 14.0. The molecular formula is C15H21ClN2S. The van der Waals surface area contributed by atoms with Crippen LogP contribution in [0.5, 0.6) is 0 Å². The lowest BCUT2D eigenvalue weighted by atomic mass is 9.86. The number of nitrogens with two attached hydrogens (primary N) is 1. The average molecular weight is 297 g/mol.